The van der Waals surface area contributed by atoms with Crippen LogP contribution in [0.15, 0.2) is 0 Å². The van der Waals surface area contributed by atoms with Crippen LogP contribution in [0.3, 0.4) is 0 Å². The molecule has 0 fully saturated rings. The Morgan fingerprint density at radius 1 is 1.58 bits per heavy atom. The standard InChI is InChI=1S/C6H13NO2S.C2H6/c1-7-5(6(8)9)3-4-10-2;1-2/h5,7H,3-4H2,1-2H3,(H,8,9);1-2H3. The van der Waals surface area contributed by atoms with Crippen LogP contribution in [-0.2, 0) is 4.79 Å². The molecule has 74 valence electrons. The van der Waals surface area contributed by atoms with Gasteiger partial charge in [-0.3, -0.25) is 4.79 Å². The number of rotatable bonds is 5. The molecule has 0 radical (unpaired) electrons. The van der Waals surface area contributed by atoms with Crippen molar-refractivity contribution >= 4 is 17.7 Å². The molecule has 0 heterocycles. The minimum atomic E-state index is -0.767. The Morgan fingerprint density at radius 3 is 2.33 bits per heavy atom. The lowest BCUT2D eigenvalue weighted by Gasteiger charge is -2.08. The summed E-state index contributed by atoms with van der Waals surface area (Å²) in [5.41, 5.74) is 0. The van der Waals surface area contributed by atoms with Gasteiger partial charge in [-0.1, -0.05) is 13.8 Å². The lowest BCUT2D eigenvalue weighted by Crippen LogP contribution is -2.34. The Morgan fingerprint density at radius 2 is 2.08 bits per heavy atom. The number of carbonyl (C=O) groups is 1. The van der Waals surface area contributed by atoms with E-state index in [4.69, 9.17) is 5.11 Å². The average molecular weight is 193 g/mol. The van der Waals surface area contributed by atoms with Gasteiger partial charge in [0.1, 0.15) is 6.04 Å². The summed E-state index contributed by atoms with van der Waals surface area (Å²) in [7, 11) is 1.67. The maximum absolute atomic E-state index is 10.4. The van der Waals surface area contributed by atoms with Gasteiger partial charge in [0.05, 0.1) is 0 Å². The minimum Gasteiger partial charge on any atom is -0.480 e. The lowest BCUT2D eigenvalue weighted by atomic mass is 10.2. The van der Waals surface area contributed by atoms with Crippen LogP contribution in [0.2, 0.25) is 0 Å². The third-order valence-corrected chi connectivity index (χ3v) is 1.90. The average Bonchev–Trinajstić information content (AvgIpc) is 2.09. The fraction of sp³-hybridized carbons (Fsp3) is 0.875. The summed E-state index contributed by atoms with van der Waals surface area (Å²) < 4.78 is 0. The Kier molecular flexibility index (Phi) is 12.9. The van der Waals surface area contributed by atoms with E-state index in [1.807, 2.05) is 20.1 Å². The second-order valence-electron chi connectivity index (χ2n) is 1.96. The second-order valence-corrected chi connectivity index (χ2v) is 2.95. The number of thioether (sulfide) groups is 1. The summed E-state index contributed by atoms with van der Waals surface area (Å²) in [5.74, 6) is 0.120. The maximum Gasteiger partial charge on any atom is 0.320 e. The van der Waals surface area contributed by atoms with Crippen molar-refractivity contribution in [1.29, 1.82) is 0 Å². The molecule has 0 spiro atoms. The molecule has 0 aliphatic heterocycles. The predicted molar refractivity (Wildman–Crippen MR) is 54.8 cm³/mol. The molecule has 4 heteroatoms. The fourth-order valence-electron chi connectivity index (χ4n) is 0.627. The van der Waals surface area contributed by atoms with Gasteiger partial charge in [-0.2, -0.15) is 11.8 Å². The van der Waals surface area contributed by atoms with E-state index < -0.39 is 5.97 Å². The zero-order valence-electron chi connectivity index (χ0n) is 8.26. The van der Waals surface area contributed by atoms with Crippen LogP contribution in [0.25, 0.3) is 0 Å². The Bertz CT molecular complexity index is 109. The summed E-state index contributed by atoms with van der Waals surface area (Å²) in [6.45, 7) is 4.00. The quantitative estimate of drug-likeness (QED) is 0.693. The molecule has 0 saturated carbocycles. The van der Waals surface area contributed by atoms with Gasteiger partial charge in [0, 0.05) is 0 Å². The number of hydrogen-bond donors (Lipinski definition) is 2. The van der Waals surface area contributed by atoms with Gasteiger partial charge < -0.3 is 10.4 Å². The van der Waals surface area contributed by atoms with Crippen molar-refractivity contribution in [2.24, 2.45) is 0 Å². The molecule has 0 aromatic rings. The number of nitrogens with one attached hydrogen (secondary N) is 1. The molecule has 2 N–H and O–H groups in total. The van der Waals surface area contributed by atoms with E-state index in [2.05, 4.69) is 5.32 Å². The van der Waals surface area contributed by atoms with E-state index in [1.54, 1.807) is 18.8 Å². The number of hydrogen-bond acceptors (Lipinski definition) is 3. The van der Waals surface area contributed by atoms with Gasteiger partial charge in [-0.15, -0.1) is 0 Å². The smallest absolute Gasteiger partial charge is 0.320 e. The number of aliphatic carboxylic acids is 1. The third-order valence-electron chi connectivity index (χ3n) is 1.26. The molecule has 0 aromatic heterocycles. The number of carboxylic acid groups (broad SMARTS) is 1. The first-order chi connectivity index (χ1) is 5.72. The highest BCUT2D eigenvalue weighted by molar-refractivity contribution is 7.98. The highest BCUT2D eigenvalue weighted by Gasteiger charge is 2.12. The Balaban J connectivity index is 0. The molecule has 1 atom stereocenters. The molecule has 0 aromatic carbocycles. The molecule has 12 heavy (non-hydrogen) atoms. The van der Waals surface area contributed by atoms with E-state index in [1.165, 1.54) is 0 Å². The molecule has 1 unspecified atom stereocenters. The first kappa shape index (κ1) is 14.3. The summed E-state index contributed by atoms with van der Waals surface area (Å²) in [5, 5.41) is 11.3. The first-order valence-corrected chi connectivity index (χ1v) is 5.50. The minimum absolute atomic E-state index is 0.382. The highest BCUT2D eigenvalue weighted by atomic mass is 32.2. The fourth-order valence-corrected chi connectivity index (χ4v) is 1.10. The van der Waals surface area contributed by atoms with Crippen LogP contribution in [-0.4, -0.2) is 36.2 Å². The van der Waals surface area contributed by atoms with E-state index in [9.17, 15) is 4.79 Å². The van der Waals surface area contributed by atoms with Gasteiger partial charge in [0.25, 0.3) is 0 Å². The molecule has 0 saturated heterocycles. The monoisotopic (exact) mass is 193 g/mol. The van der Waals surface area contributed by atoms with E-state index >= 15 is 0 Å². The summed E-state index contributed by atoms with van der Waals surface area (Å²) >= 11 is 1.66. The van der Waals surface area contributed by atoms with Crippen LogP contribution in [0.1, 0.15) is 20.3 Å². The second kappa shape index (κ2) is 10.8. The van der Waals surface area contributed by atoms with Crippen molar-refractivity contribution in [2.75, 3.05) is 19.1 Å². The van der Waals surface area contributed by atoms with E-state index in [0.717, 1.165) is 5.75 Å². The first-order valence-electron chi connectivity index (χ1n) is 4.11. The molecule has 0 aliphatic rings. The summed E-state index contributed by atoms with van der Waals surface area (Å²) in [4.78, 5) is 10.4. The number of likely N-dealkylation sites (N-methyl/N-ethyl adjacent to an activating group) is 1. The van der Waals surface area contributed by atoms with Crippen LogP contribution in [0.4, 0.5) is 0 Å². The number of carboxylic acids is 1. The molecule has 0 aliphatic carbocycles. The van der Waals surface area contributed by atoms with Crippen LogP contribution < -0.4 is 5.32 Å². The van der Waals surface area contributed by atoms with Crippen LogP contribution in [0.5, 0.6) is 0 Å². The zero-order valence-corrected chi connectivity index (χ0v) is 9.07. The maximum atomic E-state index is 10.4. The summed E-state index contributed by atoms with van der Waals surface area (Å²) in [6.07, 6.45) is 2.65. The van der Waals surface area contributed by atoms with Gasteiger partial charge in [-0.25, -0.2) is 0 Å². The lowest BCUT2D eigenvalue weighted by molar-refractivity contribution is -0.139. The van der Waals surface area contributed by atoms with Crippen molar-refractivity contribution in [3.05, 3.63) is 0 Å². The predicted octanol–water partition coefficient (Wildman–Crippen LogP) is 1.44. The molecule has 0 bridgehead atoms. The van der Waals surface area contributed by atoms with E-state index in [-0.39, 0.29) is 6.04 Å². The van der Waals surface area contributed by atoms with Crippen molar-refractivity contribution in [3.8, 4) is 0 Å². The van der Waals surface area contributed by atoms with Gasteiger partial charge in [-0.05, 0) is 25.5 Å². The van der Waals surface area contributed by atoms with E-state index in [0.29, 0.717) is 6.42 Å². The molecule has 0 amide bonds. The highest BCUT2D eigenvalue weighted by Crippen LogP contribution is 1.99. The SMILES string of the molecule is CC.CNC(CCSC)C(=O)O. The van der Waals surface area contributed by atoms with Crippen LogP contribution in [0, 0.1) is 0 Å². The third kappa shape index (κ3) is 7.88. The molecule has 3 nitrogen and oxygen atoms in total. The topological polar surface area (TPSA) is 49.3 Å². The van der Waals surface area contributed by atoms with Crippen molar-refractivity contribution in [1.82, 2.24) is 5.32 Å². The Labute approximate surface area is 78.9 Å². The van der Waals surface area contributed by atoms with Crippen LogP contribution >= 0.6 is 11.8 Å². The van der Waals surface area contributed by atoms with Gasteiger partial charge in [0.2, 0.25) is 0 Å². The normalized spacial score (nSPS) is 11.3. The summed E-state index contributed by atoms with van der Waals surface area (Å²) in [6, 6.07) is -0.382. The van der Waals surface area contributed by atoms with Gasteiger partial charge >= 0.3 is 5.97 Å². The molecular weight excluding hydrogens is 174 g/mol. The van der Waals surface area contributed by atoms with Gasteiger partial charge in [0.15, 0.2) is 0 Å². The molecule has 0 rings (SSSR count). The van der Waals surface area contributed by atoms with Crippen molar-refractivity contribution in [3.63, 3.8) is 0 Å². The van der Waals surface area contributed by atoms with Crippen molar-refractivity contribution < 1.29 is 9.90 Å². The molecular formula is C8H19NO2S. The Hall–Kier alpha value is -0.220. The zero-order chi connectivity index (χ0) is 9.98. The van der Waals surface area contributed by atoms with Crippen molar-refractivity contribution in [2.45, 2.75) is 26.3 Å². The largest absolute Gasteiger partial charge is 0.480 e.